The number of fused-ring (bicyclic) bond motifs is 1. The Hall–Kier alpha value is -2.86. The molecule has 29 heavy (non-hydrogen) atoms. The number of esters is 1. The number of phenols is 1. The molecule has 0 saturated carbocycles. The minimum absolute atomic E-state index is 0.119. The molecule has 0 aliphatic carbocycles. The molecule has 0 atom stereocenters. The molecule has 0 amide bonds. The van der Waals surface area contributed by atoms with Crippen LogP contribution in [-0.4, -0.2) is 27.2 Å². The van der Waals surface area contributed by atoms with E-state index in [0.717, 1.165) is 6.07 Å². The van der Waals surface area contributed by atoms with Crippen LogP contribution < -0.4 is 0 Å². The van der Waals surface area contributed by atoms with Crippen LogP contribution >= 0.6 is 11.6 Å². The molecule has 1 heterocycles. The second kappa shape index (κ2) is 7.52. The molecule has 0 spiro atoms. The zero-order chi connectivity index (χ0) is 21.5. The lowest BCUT2D eigenvalue weighted by molar-refractivity contribution is -0.153. The summed E-state index contributed by atoms with van der Waals surface area (Å²) in [5.74, 6) is -2.30. The van der Waals surface area contributed by atoms with Gasteiger partial charge in [0.25, 0.3) is 5.91 Å². The molecule has 5 nitrogen and oxygen atoms in total. The van der Waals surface area contributed by atoms with E-state index in [1.54, 1.807) is 52.0 Å². The first-order valence-electron chi connectivity index (χ1n) is 9.02. The predicted molar refractivity (Wildman–Crippen MR) is 109 cm³/mol. The fourth-order valence-corrected chi connectivity index (χ4v) is 3.34. The Labute approximate surface area is 172 Å². The van der Waals surface area contributed by atoms with E-state index in [1.165, 1.54) is 10.6 Å². The van der Waals surface area contributed by atoms with E-state index in [9.17, 15) is 19.1 Å². The third kappa shape index (κ3) is 4.27. The van der Waals surface area contributed by atoms with Crippen molar-refractivity contribution in [2.24, 2.45) is 0 Å². The van der Waals surface area contributed by atoms with Crippen molar-refractivity contribution in [3.63, 3.8) is 0 Å². The van der Waals surface area contributed by atoms with E-state index in [4.69, 9.17) is 16.3 Å². The normalized spacial score (nSPS) is 11.7. The number of aromatic hydroxyl groups is 1. The molecule has 2 aromatic carbocycles. The molecule has 3 aromatic rings. The zero-order valence-electron chi connectivity index (χ0n) is 16.5. The number of hydrogen-bond acceptors (Lipinski definition) is 4. The third-order valence-electron chi connectivity index (χ3n) is 4.44. The largest absolute Gasteiger partial charge is 0.505 e. The fraction of sp³-hybridized carbons (Fsp3) is 0.273. The Morgan fingerprint density at radius 3 is 2.38 bits per heavy atom. The Morgan fingerprint density at radius 2 is 1.79 bits per heavy atom. The van der Waals surface area contributed by atoms with Crippen molar-refractivity contribution >= 4 is 34.4 Å². The molecular weight excluding hydrogens is 397 g/mol. The number of phenolic OH excluding ortho intramolecular Hbond substituents is 1. The summed E-state index contributed by atoms with van der Waals surface area (Å²) in [5, 5.41) is 10.7. The zero-order valence-corrected chi connectivity index (χ0v) is 17.3. The number of carbonyl (C=O) groups excluding carboxylic acids is 2. The Bertz CT molecular complexity index is 1110. The Balaban J connectivity index is 2.16. The highest BCUT2D eigenvalue weighted by Crippen LogP contribution is 2.32. The van der Waals surface area contributed by atoms with E-state index in [0.29, 0.717) is 27.2 Å². The van der Waals surface area contributed by atoms with E-state index in [-0.39, 0.29) is 11.9 Å². The monoisotopic (exact) mass is 417 g/mol. The number of ether oxygens (including phenoxy) is 1. The van der Waals surface area contributed by atoms with Gasteiger partial charge in [0.2, 0.25) is 0 Å². The average molecular weight is 418 g/mol. The van der Waals surface area contributed by atoms with Crippen LogP contribution in [0.3, 0.4) is 0 Å². The van der Waals surface area contributed by atoms with Gasteiger partial charge in [-0.25, -0.2) is 4.39 Å². The van der Waals surface area contributed by atoms with Crippen molar-refractivity contribution in [1.29, 1.82) is 0 Å². The second-order valence-corrected chi connectivity index (χ2v) is 8.23. The molecule has 0 fully saturated rings. The standard InChI is InChI=1S/C22H21ClFNO4/c1-12-15(10-20(27)29-22(2,3)4)16-9-19(26)17(24)11-18(16)25(12)21(28)13-5-7-14(23)8-6-13/h5-9,11,26H,10H2,1-4H3. The van der Waals surface area contributed by atoms with Crippen LogP contribution in [0.5, 0.6) is 5.75 Å². The third-order valence-corrected chi connectivity index (χ3v) is 4.69. The summed E-state index contributed by atoms with van der Waals surface area (Å²) in [5.41, 5.74) is 0.905. The highest BCUT2D eigenvalue weighted by atomic mass is 35.5. The number of rotatable bonds is 3. The van der Waals surface area contributed by atoms with Gasteiger partial charge < -0.3 is 9.84 Å². The van der Waals surface area contributed by atoms with Crippen LogP contribution in [0.1, 0.15) is 42.4 Å². The molecule has 0 saturated heterocycles. The van der Waals surface area contributed by atoms with E-state index in [1.807, 2.05) is 0 Å². The highest BCUT2D eigenvalue weighted by molar-refractivity contribution is 6.30. The van der Waals surface area contributed by atoms with E-state index >= 15 is 0 Å². The number of halogens is 2. The van der Waals surface area contributed by atoms with Crippen molar-refractivity contribution in [3.8, 4) is 5.75 Å². The molecule has 0 radical (unpaired) electrons. The maximum Gasteiger partial charge on any atom is 0.310 e. The van der Waals surface area contributed by atoms with E-state index in [2.05, 4.69) is 0 Å². The van der Waals surface area contributed by atoms with Crippen molar-refractivity contribution < 1.29 is 23.8 Å². The van der Waals surface area contributed by atoms with Crippen molar-refractivity contribution in [1.82, 2.24) is 4.57 Å². The van der Waals surface area contributed by atoms with Crippen molar-refractivity contribution in [3.05, 3.63) is 64.1 Å². The van der Waals surface area contributed by atoms with E-state index < -0.39 is 29.0 Å². The van der Waals surface area contributed by atoms with Gasteiger partial charge in [0.05, 0.1) is 11.9 Å². The van der Waals surface area contributed by atoms with Gasteiger partial charge in [-0.15, -0.1) is 0 Å². The molecule has 0 bridgehead atoms. The summed E-state index contributed by atoms with van der Waals surface area (Å²) in [6.45, 7) is 6.94. The minimum atomic E-state index is -0.857. The smallest absolute Gasteiger partial charge is 0.310 e. The lowest BCUT2D eigenvalue weighted by Gasteiger charge is -2.19. The molecular formula is C22H21ClFNO4. The van der Waals surface area contributed by atoms with Crippen molar-refractivity contribution in [2.45, 2.75) is 39.7 Å². The van der Waals surface area contributed by atoms with Gasteiger partial charge in [0, 0.05) is 27.7 Å². The molecule has 0 aliphatic heterocycles. The number of benzene rings is 2. The summed E-state index contributed by atoms with van der Waals surface area (Å²) >= 11 is 5.89. The second-order valence-electron chi connectivity index (χ2n) is 7.80. The first-order valence-corrected chi connectivity index (χ1v) is 9.40. The quantitative estimate of drug-likeness (QED) is 0.607. The van der Waals surface area contributed by atoms with Crippen molar-refractivity contribution in [2.75, 3.05) is 0 Å². The molecule has 3 rings (SSSR count). The van der Waals surface area contributed by atoms with Crippen LogP contribution in [0.2, 0.25) is 5.02 Å². The van der Waals surface area contributed by atoms with Gasteiger partial charge in [0.1, 0.15) is 5.60 Å². The first-order chi connectivity index (χ1) is 13.5. The highest BCUT2D eigenvalue weighted by Gasteiger charge is 2.25. The van der Waals surface area contributed by atoms with Gasteiger partial charge in [-0.2, -0.15) is 0 Å². The SMILES string of the molecule is Cc1c(CC(=O)OC(C)(C)C)c2cc(O)c(F)cc2n1C(=O)c1ccc(Cl)cc1. The summed E-state index contributed by atoms with van der Waals surface area (Å²) in [6, 6.07) is 8.63. The van der Waals surface area contributed by atoms with Gasteiger partial charge >= 0.3 is 5.97 Å². The number of nitrogens with zero attached hydrogens (tertiary/aromatic N) is 1. The minimum Gasteiger partial charge on any atom is -0.505 e. The Morgan fingerprint density at radius 1 is 1.17 bits per heavy atom. The summed E-state index contributed by atoms with van der Waals surface area (Å²) in [6.07, 6.45) is -0.119. The maximum atomic E-state index is 14.1. The van der Waals surface area contributed by atoms with Crippen LogP contribution in [-0.2, 0) is 16.0 Å². The predicted octanol–water partition coefficient (Wildman–Crippen LogP) is 5.02. The Kier molecular flexibility index (Phi) is 5.41. The lowest BCUT2D eigenvalue weighted by Crippen LogP contribution is -2.25. The van der Waals surface area contributed by atoms with Gasteiger partial charge in [-0.3, -0.25) is 14.2 Å². The van der Waals surface area contributed by atoms with Crippen LogP contribution in [0.4, 0.5) is 4.39 Å². The summed E-state index contributed by atoms with van der Waals surface area (Å²) < 4.78 is 20.8. The number of aromatic nitrogens is 1. The maximum absolute atomic E-state index is 14.1. The van der Waals surface area contributed by atoms with Crippen LogP contribution in [0.15, 0.2) is 36.4 Å². The molecule has 152 valence electrons. The first kappa shape index (κ1) is 20.9. The number of hydrogen-bond donors (Lipinski definition) is 1. The topological polar surface area (TPSA) is 68.5 Å². The summed E-state index contributed by atoms with van der Waals surface area (Å²) in [7, 11) is 0. The van der Waals surface area contributed by atoms with Crippen LogP contribution in [0.25, 0.3) is 10.9 Å². The van der Waals surface area contributed by atoms with Crippen LogP contribution in [0, 0.1) is 12.7 Å². The van der Waals surface area contributed by atoms with Gasteiger partial charge in [-0.1, -0.05) is 11.6 Å². The lowest BCUT2D eigenvalue weighted by atomic mass is 10.1. The summed E-state index contributed by atoms with van der Waals surface area (Å²) in [4.78, 5) is 25.5. The van der Waals surface area contributed by atoms with Gasteiger partial charge in [-0.05, 0) is 63.6 Å². The molecule has 7 heteroatoms. The molecule has 1 N–H and O–H groups in total. The number of carbonyl (C=O) groups is 2. The average Bonchev–Trinajstić information content (AvgIpc) is 2.85. The fourth-order valence-electron chi connectivity index (χ4n) is 3.22. The molecule has 0 unspecified atom stereocenters. The van der Waals surface area contributed by atoms with Gasteiger partial charge in [0.15, 0.2) is 11.6 Å². The molecule has 1 aromatic heterocycles. The molecule has 0 aliphatic rings.